The monoisotopic (exact) mass is 344 g/mol. The molecule has 1 N–H and O–H groups in total. The average molecular weight is 344 g/mol. The number of rotatable bonds is 2. The first-order chi connectivity index (χ1) is 7.41. The van der Waals surface area contributed by atoms with Gasteiger partial charge in [-0.1, -0.05) is 12.1 Å². The third-order valence-corrected chi connectivity index (χ3v) is 3.56. The molecule has 2 aromatic rings. The minimum absolute atomic E-state index is 0. The molecule has 94 valence electrons. The van der Waals surface area contributed by atoms with Crippen molar-refractivity contribution in [1.82, 2.24) is 4.98 Å². The smallest absolute Gasteiger partial charge is 0.113 e. The number of aryl methyl sites for hydroxylation is 1. The Morgan fingerprint density at radius 2 is 1.82 bits per heavy atom. The number of fused-ring (bicyclic) bond motifs is 1. The molecule has 1 aromatic carbocycles. The van der Waals surface area contributed by atoms with Gasteiger partial charge in [0.25, 0.3) is 0 Å². The van der Waals surface area contributed by atoms with Gasteiger partial charge in [-0.15, -0.1) is 0 Å². The lowest BCUT2D eigenvalue weighted by Gasteiger charge is -2.31. The van der Waals surface area contributed by atoms with Crippen LogP contribution in [0.1, 0.15) is 24.1 Å². The molecule has 0 amide bonds. The number of benzene rings is 1. The zero-order valence-electron chi connectivity index (χ0n) is 11.2. The average Bonchev–Trinajstić information content (AvgIpc) is 2.60. The van der Waals surface area contributed by atoms with Crippen molar-refractivity contribution in [2.45, 2.75) is 19.9 Å². The fourth-order valence-corrected chi connectivity index (χ4v) is 2.15. The highest BCUT2D eigenvalue weighted by Crippen LogP contribution is 2.31. The fraction of sp³-hybridized carbons (Fsp3) is 0.429. The number of H-pyrrole nitrogens is 1. The van der Waals surface area contributed by atoms with Crippen molar-refractivity contribution in [2.24, 2.45) is 0 Å². The van der Waals surface area contributed by atoms with E-state index in [1.54, 1.807) is 0 Å². The highest BCUT2D eigenvalue weighted by atomic mass is 127. The van der Waals surface area contributed by atoms with Crippen LogP contribution in [0.15, 0.2) is 24.4 Å². The van der Waals surface area contributed by atoms with Crippen LogP contribution in [0.25, 0.3) is 10.9 Å². The maximum absolute atomic E-state index is 3.37. The largest absolute Gasteiger partial charge is 1.00 e. The molecule has 1 heterocycles. The summed E-state index contributed by atoms with van der Waals surface area (Å²) in [4.78, 5) is 3.37. The molecule has 1 atom stereocenters. The van der Waals surface area contributed by atoms with E-state index in [0.717, 1.165) is 4.48 Å². The minimum Gasteiger partial charge on any atom is -1.00 e. The van der Waals surface area contributed by atoms with Crippen LogP contribution in [0.2, 0.25) is 0 Å². The van der Waals surface area contributed by atoms with E-state index in [4.69, 9.17) is 0 Å². The van der Waals surface area contributed by atoms with Gasteiger partial charge in [-0.2, -0.15) is 0 Å². The molecule has 0 saturated carbocycles. The molecular formula is C14H21IN2. The first-order valence-corrected chi connectivity index (χ1v) is 5.79. The Labute approximate surface area is 121 Å². The number of quaternary nitrogens is 1. The van der Waals surface area contributed by atoms with Gasteiger partial charge < -0.3 is 33.4 Å². The fourth-order valence-electron chi connectivity index (χ4n) is 2.15. The van der Waals surface area contributed by atoms with Crippen molar-refractivity contribution in [3.05, 3.63) is 35.5 Å². The van der Waals surface area contributed by atoms with Crippen molar-refractivity contribution in [3.8, 4) is 0 Å². The molecule has 0 fully saturated rings. The lowest BCUT2D eigenvalue weighted by Crippen LogP contribution is -3.00. The molecule has 1 aromatic heterocycles. The van der Waals surface area contributed by atoms with Gasteiger partial charge in [0.05, 0.1) is 21.1 Å². The van der Waals surface area contributed by atoms with E-state index in [1.807, 2.05) is 0 Å². The van der Waals surface area contributed by atoms with Gasteiger partial charge in [0.15, 0.2) is 0 Å². The van der Waals surface area contributed by atoms with Crippen molar-refractivity contribution in [1.29, 1.82) is 0 Å². The Kier molecular flexibility index (Phi) is 4.25. The van der Waals surface area contributed by atoms with E-state index in [2.05, 4.69) is 64.4 Å². The van der Waals surface area contributed by atoms with Gasteiger partial charge in [-0.3, -0.25) is 0 Å². The second-order valence-corrected chi connectivity index (χ2v) is 5.53. The summed E-state index contributed by atoms with van der Waals surface area (Å²) in [6.45, 7) is 4.47. The van der Waals surface area contributed by atoms with E-state index >= 15 is 0 Å². The highest BCUT2D eigenvalue weighted by molar-refractivity contribution is 5.86. The van der Waals surface area contributed by atoms with Crippen LogP contribution >= 0.6 is 0 Å². The topological polar surface area (TPSA) is 15.8 Å². The summed E-state index contributed by atoms with van der Waals surface area (Å²) >= 11 is 0. The quantitative estimate of drug-likeness (QED) is 0.594. The number of hydrogen-bond acceptors (Lipinski definition) is 0. The second kappa shape index (κ2) is 4.98. The molecule has 0 spiro atoms. The van der Waals surface area contributed by atoms with Crippen LogP contribution in [0, 0.1) is 6.92 Å². The summed E-state index contributed by atoms with van der Waals surface area (Å²) in [5.41, 5.74) is 4.02. The Hall–Kier alpha value is -0.550. The van der Waals surface area contributed by atoms with Crippen LogP contribution in [0.5, 0.6) is 0 Å². The van der Waals surface area contributed by atoms with E-state index in [-0.39, 0.29) is 24.0 Å². The second-order valence-electron chi connectivity index (χ2n) is 5.53. The summed E-state index contributed by atoms with van der Waals surface area (Å²) in [5, 5.41) is 1.39. The molecule has 0 radical (unpaired) electrons. The van der Waals surface area contributed by atoms with E-state index in [0.29, 0.717) is 6.04 Å². The van der Waals surface area contributed by atoms with Crippen LogP contribution in [0.3, 0.4) is 0 Å². The highest BCUT2D eigenvalue weighted by Gasteiger charge is 2.23. The van der Waals surface area contributed by atoms with Crippen molar-refractivity contribution in [3.63, 3.8) is 0 Å². The van der Waals surface area contributed by atoms with Crippen molar-refractivity contribution in [2.75, 3.05) is 21.1 Å². The third-order valence-electron chi connectivity index (χ3n) is 3.56. The summed E-state index contributed by atoms with van der Waals surface area (Å²) < 4.78 is 0.946. The van der Waals surface area contributed by atoms with Crippen LogP contribution < -0.4 is 24.0 Å². The molecule has 17 heavy (non-hydrogen) atoms. The van der Waals surface area contributed by atoms with Crippen LogP contribution in [-0.4, -0.2) is 30.6 Å². The number of hydrogen-bond donors (Lipinski definition) is 1. The number of aromatic amines is 1. The molecule has 0 aliphatic rings. The zero-order valence-corrected chi connectivity index (χ0v) is 13.4. The lowest BCUT2D eigenvalue weighted by atomic mass is 10.0. The Bertz CT molecular complexity index is 508. The molecule has 0 aliphatic heterocycles. The van der Waals surface area contributed by atoms with Gasteiger partial charge in [0.1, 0.15) is 6.04 Å². The molecule has 0 bridgehead atoms. The summed E-state index contributed by atoms with van der Waals surface area (Å²) in [6.07, 6.45) is 2.16. The van der Waals surface area contributed by atoms with Gasteiger partial charge >= 0.3 is 0 Å². The molecule has 1 unspecified atom stereocenters. The summed E-state index contributed by atoms with van der Waals surface area (Å²) in [6, 6.07) is 6.93. The SMILES string of the molecule is Cc1cccc2[nH]cc(C(C)[N+](C)(C)C)c12.[I-]. The zero-order chi connectivity index (χ0) is 11.9. The van der Waals surface area contributed by atoms with Gasteiger partial charge in [0.2, 0.25) is 0 Å². The molecule has 0 saturated heterocycles. The number of nitrogens with zero attached hydrogens (tertiary/aromatic N) is 1. The van der Waals surface area contributed by atoms with Crippen LogP contribution in [-0.2, 0) is 0 Å². The van der Waals surface area contributed by atoms with E-state index in [9.17, 15) is 0 Å². The summed E-state index contributed by atoms with van der Waals surface area (Å²) in [5.74, 6) is 0. The maximum atomic E-state index is 3.37. The third kappa shape index (κ3) is 2.65. The maximum Gasteiger partial charge on any atom is 0.113 e. The predicted molar refractivity (Wildman–Crippen MR) is 69.5 cm³/mol. The molecule has 3 heteroatoms. The van der Waals surface area contributed by atoms with E-state index < -0.39 is 0 Å². The summed E-state index contributed by atoms with van der Waals surface area (Å²) in [7, 11) is 6.71. The van der Waals surface area contributed by atoms with Gasteiger partial charge in [-0.05, 0) is 25.5 Å². The molecule has 0 aliphatic carbocycles. The first kappa shape index (κ1) is 14.5. The lowest BCUT2D eigenvalue weighted by molar-refractivity contribution is -0.900. The first-order valence-electron chi connectivity index (χ1n) is 5.79. The number of halogens is 1. The minimum atomic E-state index is 0. The molecule has 2 rings (SSSR count). The Balaban J connectivity index is 0.00000144. The normalized spacial score (nSPS) is 13.5. The van der Waals surface area contributed by atoms with Crippen LogP contribution in [0.4, 0.5) is 0 Å². The van der Waals surface area contributed by atoms with E-state index in [1.165, 1.54) is 22.0 Å². The predicted octanol–water partition coefficient (Wildman–Crippen LogP) is 0.248. The number of nitrogens with one attached hydrogen (secondary N) is 1. The number of aromatic nitrogens is 1. The standard InChI is InChI=1S/C14H21N2.HI/c1-10-7-6-8-13-14(10)12(9-15-13)11(2)16(3,4)5;/h6-9,11,15H,1-5H3;1H/q+1;/p-1. The van der Waals surface area contributed by atoms with Gasteiger partial charge in [0, 0.05) is 22.7 Å². The van der Waals surface area contributed by atoms with Gasteiger partial charge in [-0.25, -0.2) is 0 Å². The van der Waals surface area contributed by atoms with Crippen molar-refractivity contribution >= 4 is 10.9 Å². The molecule has 2 nitrogen and oxygen atoms in total. The Morgan fingerprint density at radius 1 is 1.18 bits per heavy atom. The van der Waals surface area contributed by atoms with Crippen molar-refractivity contribution < 1.29 is 28.5 Å². The Morgan fingerprint density at radius 3 is 2.41 bits per heavy atom. The molecular weight excluding hydrogens is 323 g/mol.